The van der Waals surface area contributed by atoms with E-state index < -0.39 is 0 Å². The lowest BCUT2D eigenvalue weighted by molar-refractivity contribution is -0.121. The predicted molar refractivity (Wildman–Crippen MR) is 114 cm³/mol. The van der Waals surface area contributed by atoms with Gasteiger partial charge in [0.1, 0.15) is 17.1 Å². The number of hydrogen-bond donors (Lipinski definition) is 1. The molecule has 0 saturated carbocycles. The molecule has 0 aliphatic carbocycles. The van der Waals surface area contributed by atoms with E-state index in [1.54, 1.807) is 11.6 Å². The van der Waals surface area contributed by atoms with Crippen LogP contribution in [-0.2, 0) is 11.2 Å². The second-order valence-corrected chi connectivity index (χ2v) is 7.35. The summed E-state index contributed by atoms with van der Waals surface area (Å²) in [5.41, 5.74) is 3.41. The van der Waals surface area contributed by atoms with Crippen LogP contribution in [0.25, 0.3) is 22.4 Å². The van der Waals surface area contributed by atoms with Crippen molar-refractivity contribution in [1.29, 1.82) is 0 Å². The van der Waals surface area contributed by atoms with Crippen LogP contribution in [0.1, 0.15) is 12.2 Å². The fraction of sp³-hybridized carbons (Fsp3) is 0.333. The third-order valence-electron chi connectivity index (χ3n) is 4.93. The van der Waals surface area contributed by atoms with Crippen LogP contribution < -0.4 is 10.1 Å². The van der Waals surface area contributed by atoms with E-state index in [0.29, 0.717) is 25.0 Å². The summed E-state index contributed by atoms with van der Waals surface area (Å²) >= 11 is 0. The van der Waals surface area contributed by atoms with Crippen molar-refractivity contribution in [3.63, 3.8) is 0 Å². The Labute approximate surface area is 174 Å². The maximum atomic E-state index is 12.1. The number of nitrogens with one attached hydrogen (secondary N) is 1. The van der Waals surface area contributed by atoms with Gasteiger partial charge in [-0.15, -0.1) is 10.2 Å². The number of ether oxygens (including phenoxy) is 1. The molecular weight excluding hydrogens is 382 g/mol. The first kappa shape index (κ1) is 19.8. The molecular formula is C21H25N7O2. The predicted octanol–water partition coefficient (Wildman–Crippen LogP) is 1.66. The van der Waals surface area contributed by atoms with Crippen molar-refractivity contribution in [2.45, 2.75) is 12.8 Å². The second kappa shape index (κ2) is 8.50. The topological polar surface area (TPSA) is 89.1 Å². The maximum Gasteiger partial charge on any atom is 0.220 e. The minimum atomic E-state index is 0.0147. The van der Waals surface area contributed by atoms with Crippen molar-refractivity contribution in [3.8, 4) is 17.0 Å². The number of methoxy groups -OCH3 is 1. The van der Waals surface area contributed by atoms with Gasteiger partial charge >= 0.3 is 0 Å². The van der Waals surface area contributed by atoms with Crippen molar-refractivity contribution < 1.29 is 9.53 Å². The molecule has 3 aromatic heterocycles. The summed E-state index contributed by atoms with van der Waals surface area (Å²) in [4.78, 5) is 14.1. The smallest absolute Gasteiger partial charge is 0.220 e. The zero-order valence-electron chi connectivity index (χ0n) is 17.4. The Hall–Kier alpha value is -3.46. The van der Waals surface area contributed by atoms with Gasteiger partial charge in [-0.1, -0.05) is 0 Å². The van der Waals surface area contributed by atoms with E-state index in [9.17, 15) is 4.79 Å². The first-order chi connectivity index (χ1) is 14.5. The molecule has 1 N–H and O–H groups in total. The molecule has 156 valence electrons. The van der Waals surface area contributed by atoms with Crippen LogP contribution in [0.2, 0.25) is 0 Å². The lowest BCUT2D eigenvalue weighted by Gasteiger charge is -2.10. The lowest BCUT2D eigenvalue weighted by atomic mass is 10.1. The number of hydrogen-bond acceptors (Lipinski definition) is 6. The van der Waals surface area contributed by atoms with E-state index >= 15 is 0 Å². The van der Waals surface area contributed by atoms with Gasteiger partial charge in [0.2, 0.25) is 5.91 Å². The number of rotatable bonds is 8. The summed E-state index contributed by atoms with van der Waals surface area (Å²) in [5.74, 6) is 1.57. The zero-order valence-corrected chi connectivity index (χ0v) is 17.4. The molecule has 0 aliphatic rings. The Morgan fingerprint density at radius 1 is 1.17 bits per heavy atom. The molecule has 0 saturated heterocycles. The minimum absolute atomic E-state index is 0.0147. The number of amides is 1. The summed E-state index contributed by atoms with van der Waals surface area (Å²) in [6.45, 7) is 1.45. The van der Waals surface area contributed by atoms with Crippen molar-refractivity contribution in [2.75, 3.05) is 34.3 Å². The fourth-order valence-corrected chi connectivity index (χ4v) is 3.27. The quantitative estimate of drug-likeness (QED) is 0.478. The molecule has 0 bridgehead atoms. The highest BCUT2D eigenvalue weighted by atomic mass is 16.5. The summed E-state index contributed by atoms with van der Waals surface area (Å²) in [6.07, 6.45) is 4.65. The summed E-state index contributed by atoms with van der Waals surface area (Å²) in [7, 11) is 5.60. The van der Waals surface area contributed by atoms with E-state index in [1.165, 1.54) is 0 Å². The first-order valence-electron chi connectivity index (χ1n) is 9.83. The van der Waals surface area contributed by atoms with Gasteiger partial charge in [-0.3, -0.25) is 9.20 Å². The summed E-state index contributed by atoms with van der Waals surface area (Å²) < 4.78 is 8.93. The molecule has 1 aromatic carbocycles. The minimum Gasteiger partial charge on any atom is -0.497 e. The summed E-state index contributed by atoms with van der Waals surface area (Å²) in [5, 5.41) is 16.2. The second-order valence-electron chi connectivity index (χ2n) is 7.35. The third-order valence-corrected chi connectivity index (χ3v) is 4.93. The van der Waals surface area contributed by atoms with Crippen LogP contribution in [0, 0.1) is 0 Å². The number of aromatic nitrogens is 5. The van der Waals surface area contributed by atoms with E-state index in [1.807, 2.05) is 66.1 Å². The molecule has 9 nitrogen and oxygen atoms in total. The van der Waals surface area contributed by atoms with E-state index in [2.05, 4.69) is 20.6 Å². The van der Waals surface area contributed by atoms with Crippen LogP contribution in [0.15, 0.2) is 42.7 Å². The molecule has 1 amide bonds. The summed E-state index contributed by atoms with van der Waals surface area (Å²) in [6, 6.07) is 9.76. The van der Waals surface area contributed by atoms with Crippen LogP contribution in [0.5, 0.6) is 5.75 Å². The van der Waals surface area contributed by atoms with Crippen molar-refractivity contribution >= 4 is 17.1 Å². The van der Waals surface area contributed by atoms with Crippen LogP contribution in [0.3, 0.4) is 0 Å². The molecule has 0 atom stereocenters. The largest absolute Gasteiger partial charge is 0.497 e. The molecule has 4 rings (SSSR count). The molecule has 0 fully saturated rings. The van der Waals surface area contributed by atoms with Crippen LogP contribution in [0.4, 0.5) is 0 Å². The Morgan fingerprint density at radius 3 is 2.70 bits per heavy atom. The number of carbonyl (C=O) groups excluding carboxylic acids is 1. The van der Waals surface area contributed by atoms with Crippen molar-refractivity contribution in [2.24, 2.45) is 0 Å². The van der Waals surface area contributed by atoms with Crippen LogP contribution >= 0.6 is 0 Å². The molecule has 3 heterocycles. The van der Waals surface area contributed by atoms with Gasteiger partial charge in [0.25, 0.3) is 0 Å². The Morgan fingerprint density at radius 2 is 1.97 bits per heavy atom. The molecule has 9 heteroatoms. The first-order valence-corrected chi connectivity index (χ1v) is 9.83. The number of carbonyl (C=O) groups is 1. The molecule has 0 radical (unpaired) electrons. The van der Waals surface area contributed by atoms with Gasteiger partial charge in [-0.25, -0.2) is 4.52 Å². The van der Waals surface area contributed by atoms with E-state index in [4.69, 9.17) is 4.74 Å². The normalized spacial score (nSPS) is 11.5. The van der Waals surface area contributed by atoms with Gasteiger partial charge in [0.15, 0.2) is 5.65 Å². The Bertz CT molecular complexity index is 1160. The van der Waals surface area contributed by atoms with Crippen molar-refractivity contribution in [1.82, 2.24) is 34.4 Å². The van der Waals surface area contributed by atoms with Gasteiger partial charge < -0.3 is 15.0 Å². The van der Waals surface area contributed by atoms with Gasteiger partial charge in [-0.2, -0.15) is 5.10 Å². The molecule has 30 heavy (non-hydrogen) atoms. The number of benzene rings is 1. The van der Waals surface area contributed by atoms with Gasteiger partial charge in [-0.05, 0) is 44.4 Å². The Balaban J connectivity index is 1.52. The molecule has 0 aliphatic heterocycles. The highest BCUT2D eigenvalue weighted by molar-refractivity contribution is 5.77. The highest BCUT2D eigenvalue weighted by Gasteiger charge is 2.13. The van der Waals surface area contributed by atoms with E-state index in [0.717, 1.165) is 34.9 Å². The molecule has 0 spiro atoms. The standard InChI is InChI=1S/C21H25N7O2/c1-26(2)11-10-22-20(29)9-8-19-23-24-21-18-14-17(25-28(18)13-12-27(19)21)15-4-6-16(30-3)7-5-15/h4-7,12-14H,8-11H2,1-3H3,(H,22,29). The van der Waals surface area contributed by atoms with Crippen molar-refractivity contribution in [3.05, 3.63) is 48.5 Å². The lowest BCUT2D eigenvalue weighted by Crippen LogP contribution is -2.31. The molecule has 4 aromatic rings. The van der Waals surface area contributed by atoms with Gasteiger partial charge in [0.05, 0.1) is 12.8 Å². The third kappa shape index (κ3) is 4.11. The van der Waals surface area contributed by atoms with E-state index in [-0.39, 0.29) is 5.91 Å². The number of likely N-dealkylation sites (N-methyl/N-ethyl adjacent to an activating group) is 1. The fourth-order valence-electron chi connectivity index (χ4n) is 3.27. The average molecular weight is 407 g/mol. The maximum absolute atomic E-state index is 12.1. The monoisotopic (exact) mass is 407 g/mol. The zero-order chi connectivity index (χ0) is 21.1. The number of aryl methyl sites for hydroxylation is 1. The SMILES string of the molecule is COc1ccc(-c2cc3c4nnc(CCC(=O)NCCN(C)C)n4ccn3n2)cc1. The number of nitrogens with zero attached hydrogens (tertiary/aromatic N) is 6. The van der Waals surface area contributed by atoms with Gasteiger partial charge in [0, 0.05) is 43.9 Å². The number of fused-ring (bicyclic) bond motifs is 3. The highest BCUT2D eigenvalue weighted by Crippen LogP contribution is 2.24. The Kier molecular flexibility index (Phi) is 5.62. The average Bonchev–Trinajstić information content (AvgIpc) is 3.36. The van der Waals surface area contributed by atoms with Crippen LogP contribution in [-0.4, -0.2) is 69.3 Å². The molecule has 0 unspecified atom stereocenters.